The smallest absolute Gasteiger partial charge is 0.263 e. The summed E-state index contributed by atoms with van der Waals surface area (Å²) in [5, 5.41) is 7.51. The van der Waals surface area contributed by atoms with E-state index in [4.69, 9.17) is 23.1 Å². The molecule has 0 saturated carbocycles. The zero-order valence-electron chi connectivity index (χ0n) is 12.1. The Morgan fingerprint density at radius 3 is 2.08 bits per heavy atom. The van der Waals surface area contributed by atoms with Crippen LogP contribution in [0.4, 0.5) is 11.4 Å². The van der Waals surface area contributed by atoms with Gasteiger partial charge in [0.15, 0.2) is 5.11 Å². The molecular formula is C13H14N4O4S3. The van der Waals surface area contributed by atoms with Gasteiger partial charge in [-0.15, -0.1) is 0 Å². The minimum atomic E-state index is -3.95. The number of hydrogen-bond donors (Lipinski definition) is 4. The number of para-hydroxylation sites is 1. The van der Waals surface area contributed by atoms with Gasteiger partial charge in [-0.3, -0.25) is 4.72 Å². The van der Waals surface area contributed by atoms with E-state index >= 15 is 0 Å². The number of rotatable bonds is 5. The molecule has 128 valence electrons. The Balaban J connectivity index is 2.34. The van der Waals surface area contributed by atoms with Crippen LogP contribution in [0.25, 0.3) is 0 Å². The Bertz CT molecular complexity index is 971. The molecule has 0 aliphatic rings. The first-order valence-electron chi connectivity index (χ1n) is 6.41. The molecule has 0 bridgehead atoms. The molecule has 2 rings (SSSR count). The Morgan fingerprint density at radius 1 is 0.958 bits per heavy atom. The van der Waals surface area contributed by atoms with Gasteiger partial charge in [0.2, 0.25) is 10.0 Å². The maximum absolute atomic E-state index is 12.5. The molecule has 24 heavy (non-hydrogen) atoms. The lowest BCUT2D eigenvalue weighted by Crippen LogP contribution is -2.22. The van der Waals surface area contributed by atoms with E-state index in [0.717, 1.165) is 0 Å². The Labute approximate surface area is 145 Å². The summed E-state index contributed by atoms with van der Waals surface area (Å²) in [6.07, 6.45) is 0. The number of thiocarbonyl (C=S) groups is 1. The van der Waals surface area contributed by atoms with Crippen molar-refractivity contribution >= 4 is 48.8 Å². The summed E-state index contributed by atoms with van der Waals surface area (Å²) in [7, 11) is -7.80. The summed E-state index contributed by atoms with van der Waals surface area (Å²) in [6, 6.07) is 11.0. The van der Waals surface area contributed by atoms with Gasteiger partial charge >= 0.3 is 0 Å². The molecular weight excluding hydrogens is 372 g/mol. The number of nitrogens with one attached hydrogen (secondary N) is 2. The largest absolute Gasteiger partial charge is 0.376 e. The lowest BCUT2D eigenvalue weighted by Gasteiger charge is -2.13. The SMILES string of the molecule is NC(=S)Nc1ccccc1S(=O)(=O)Nc1ccc(S(N)(=O)=O)cc1. The van der Waals surface area contributed by atoms with Gasteiger partial charge in [0.1, 0.15) is 4.90 Å². The first-order chi connectivity index (χ1) is 11.1. The molecule has 0 fully saturated rings. The van der Waals surface area contributed by atoms with Gasteiger partial charge in [0, 0.05) is 5.69 Å². The number of sulfonamides is 2. The molecule has 0 heterocycles. The number of primary sulfonamides is 1. The van der Waals surface area contributed by atoms with E-state index in [2.05, 4.69) is 10.0 Å². The fourth-order valence-electron chi connectivity index (χ4n) is 1.86. The van der Waals surface area contributed by atoms with Crippen LogP contribution >= 0.6 is 12.2 Å². The molecule has 2 aromatic carbocycles. The predicted octanol–water partition coefficient (Wildman–Crippen LogP) is 0.790. The summed E-state index contributed by atoms with van der Waals surface area (Å²) in [4.78, 5) is -0.186. The van der Waals surface area contributed by atoms with Crippen molar-refractivity contribution in [2.24, 2.45) is 10.9 Å². The monoisotopic (exact) mass is 386 g/mol. The lowest BCUT2D eigenvalue weighted by atomic mass is 10.3. The molecule has 0 spiro atoms. The Morgan fingerprint density at radius 2 is 1.54 bits per heavy atom. The first-order valence-corrected chi connectivity index (χ1v) is 9.84. The standard InChI is InChI=1S/C13H14N4O4S3/c14-13(22)16-11-3-1-2-4-12(11)24(20,21)17-9-5-7-10(8-6-9)23(15,18)19/h1-8,17H,(H3,14,16,22)(H2,15,18,19). The second kappa shape index (κ2) is 6.73. The molecule has 0 radical (unpaired) electrons. The number of hydrogen-bond acceptors (Lipinski definition) is 5. The molecule has 11 heteroatoms. The molecule has 0 aliphatic carbocycles. The molecule has 2 aromatic rings. The first kappa shape index (κ1) is 18.1. The third kappa shape index (κ3) is 4.41. The summed E-state index contributed by atoms with van der Waals surface area (Å²) in [6.45, 7) is 0. The van der Waals surface area contributed by atoms with Gasteiger partial charge in [-0.25, -0.2) is 22.0 Å². The number of nitrogens with two attached hydrogens (primary N) is 2. The Kier molecular flexibility index (Phi) is 5.08. The van der Waals surface area contributed by atoms with Crippen LogP contribution in [0.5, 0.6) is 0 Å². The van der Waals surface area contributed by atoms with Crippen molar-refractivity contribution in [1.29, 1.82) is 0 Å². The van der Waals surface area contributed by atoms with Crippen molar-refractivity contribution in [2.45, 2.75) is 9.79 Å². The van der Waals surface area contributed by atoms with Crippen LogP contribution in [-0.2, 0) is 20.0 Å². The van der Waals surface area contributed by atoms with E-state index in [1.807, 2.05) is 0 Å². The van der Waals surface area contributed by atoms with Crippen LogP contribution in [-0.4, -0.2) is 21.9 Å². The highest BCUT2D eigenvalue weighted by Gasteiger charge is 2.19. The van der Waals surface area contributed by atoms with E-state index in [0.29, 0.717) is 0 Å². The third-order valence-corrected chi connectivity index (χ3v) is 5.34. The van der Waals surface area contributed by atoms with Crippen molar-refractivity contribution in [2.75, 3.05) is 10.0 Å². The van der Waals surface area contributed by atoms with Gasteiger partial charge in [0.25, 0.3) is 10.0 Å². The van der Waals surface area contributed by atoms with Crippen molar-refractivity contribution < 1.29 is 16.8 Å². The van der Waals surface area contributed by atoms with Gasteiger partial charge in [-0.1, -0.05) is 12.1 Å². The lowest BCUT2D eigenvalue weighted by molar-refractivity contribution is 0.597. The van der Waals surface area contributed by atoms with Crippen molar-refractivity contribution in [3.8, 4) is 0 Å². The van der Waals surface area contributed by atoms with E-state index < -0.39 is 20.0 Å². The van der Waals surface area contributed by atoms with Crippen LogP contribution in [0.15, 0.2) is 58.3 Å². The average Bonchev–Trinajstić information content (AvgIpc) is 2.46. The van der Waals surface area contributed by atoms with Gasteiger partial charge < -0.3 is 11.1 Å². The fourth-order valence-corrected chi connectivity index (χ4v) is 3.71. The van der Waals surface area contributed by atoms with Crippen molar-refractivity contribution in [3.63, 3.8) is 0 Å². The molecule has 6 N–H and O–H groups in total. The van der Waals surface area contributed by atoms with Crippen molar-refractivity contribution in [1.82, 2.24) is 0 Å². The van der Waals surface area contributed by atoms with Crippen LogP contribution < -0.4 is 20.9 Å². The molecule has 0 atom stereocenters. The molecule has 0 aromatic heterocycles. The highest BCUT2D eigenvalue weighted by molar-refractivity contribution is 7.93. The highest BCUT2D eigenvalue weighted by atomic mass is 32.2. The van der Waals surface area contributed by atoms with Gasteiger partial charge in [-0.05, 0) is 48.6 Å². The minimum Gasteiger partial charge on any atom is -0.376 e. The second-order valence-electron chi connectivity index (χ2n) is 4.66. The average molecular weight is 386 g/mol. The van der Waals surface area contributed by atoms with E-state index in [1.54, 1.807) is 12.1 Å². The molecule has 0 aliphatic heterocycles. The van der Waals surface area contributed by atoms with Crippen LogP contribution in [0.2, 0.25) is 0 Å². The Hall–Kier alpha value is -2.21. The third-order valence-electron chi connectivity index (χ3n) is 2.87. The summed E-state index contributed by atoms with van der Waals surface area (Å²) in [5.41, 5.74) is 5.78. The molecule has 8 nitrogen and oxygen atoms in total. The van der Waals surface area contributed by atoms with Crippen LogP contribution in [0, 0.1) is 0 Å². The summed E-state index contributed by atoms with van der Waals surface area (Å²) >= 11 is 4.72. The minimum absolute atomic E-state index is 0.0617. The predicted molar refractivity (Wildman–Crippen MR) is 95.5 cm³/mol. The van der Waals surface area contributed by atoms with Crippen LogP contribution in [0.1, 0.15) is 0 Å². The number of benzene rings is 2. The highest BCUT2D eigenvalue weighted by Crippen LogP contribution is 2.24. The maximum atomic E-state index is 12.5. The van der Waals surface area contributed by atoms with Crippen LogP contribution in [0.3, 0.4) is 0 Å². The molecule has 0 amide bonds. The van der Waals surface area contributed by atoms with E-state index in [-0.39, 0.29) is 26.3 Å². The zero-order chi connectivity index (χ0) is 18.0. The van der Waals surface area contributed by atoms with Gasteiger partial charge in [-0.2, -0.15) is 0 Å². The molecule has 0 unspecified atom stereocenters. The van der Waals surface area contributed by atoms with E-state index in [1.165, 1.54) is 36.4 Å². The fraction of sp³-hybridized carbons (Fsp3) is 0. The number of anilines is 2. The molecule has 0 saturated heterocycles. The zero-order valence-corrected chi connectivity index (χ0v) is 14.6. The maximum Gasteiger partial charge on any atom is 0.263 e. The summed E-state index contributed by atoms with van der Waals surface area (Å²) < 4.78 is 49.8. The topological polar surface area (TPSA) is 144 Å². The quantitative estimate of drug-likeness (QED) is 0.556. The van der Waals surface area contributed by atoms with Crippen molar-refractivity contribution in [3.05, 3.63) is 48.5 Å². The van der Waals surface area contributed by atoms with Gasteiger partial charge in [0.05, 0.1) is 10.6 Å². The summed E-state index contributed by atoms with van der Waals surface area (Å²) in [5.74, 6) is 0. The second-order valence-corrected chi connectivity index (χ2v) is 8.31. The normalized spacial score (nSPS) is 11.7. The van der Waals surface area contributed by atoms with E-state index in [9.17, 15) is 16.8 Å².